The topological polar surface area (TPSA) is 210 Å². The Morgan fingerprint density at radius 3 is 1.35 bits per heavy atom. The van der Waals surface area contributed by atoms with E-state index in [9.17, 15) is 44.6 Å². The average molecular weight is 943 g/mol. The van der Waals surface area contributed by atoms with Gasteiger partial charge in [-0.2, -0.15) is 0 Å². The van der Waals surface area contributed by atoms with Gasteiger partial charge in [0.05, 0.1) is 6.61 Å². The number of carbonyl (C=O) groups is 2. The average Bonchev–Trinajstić information content (AvgIpc) is 3.29. The SMILES string of the molecule is CC/C=C\C/C=C\C/C=C\CCCCCCCC(=O)OC(COC(=O)CCCCCCCCCCC/C=C\CCCCCCCCCC)COP(=O)(O)OC1C(O)C(O)C(O)C(O)C1O. The lowest BCUT2D eigenvalue weighted by atomic mass is 9.85. The number of carbonyl (C=O) groups excluding carboxylic acids is 2. The summed E-state index contributed by atoms with van der Waals surface area (Å²) in [7, 11) is -5.13. The van der Waals surface area contributed by atoms with Crippen molar-refractivity contribution >= 4 is 19.8 Å². The van der Waals surface area contributed by atoms with Crippen LogP contribution in [0.5, 0.6) is 0 Å². The quantitative estimate of drug-likeness (QED) is 0.0146. The summed E-state index contributed by atoms with van der Waals surface area (Å²) >= 11 is 0. The first-order chi connectivity index (χ1) is 31.4. The molecular formula is C51H91O13P. The number of rotatable bonds is 42. The fourth-order valence-corrected chi connectivity index (χ4v) is 8.56. The third-order valence-corrected chi connectivity index (χ3v) is 12.6. The van der Waals surface area contributed by atoms with Gasteiger partial charge in [-0.3, -0.25) is 18.6 Å². The van der Waals surface area contributed by atoms with Crippen LogP contribution >= 0.6 is 7.82 Å². The summed E-state index contributed by atoms with van der Waals surface area (Å²) in [4.78, 5) is 35.8. The lowest BCUT2D eigenvalue weighted by molar-refractivity contribution is -0.220. The van der Waals surface area contributed by atoms with Gasteiger partial charge in [0.25, 0.3) is 0 Å². The molecule has 0 radical (unpaired) electrons. The van der Waals surface area contributed by atoms with E-state index in [2.05, 4.69) is 62.5 Å². The Morgan fingerprint density at radius 1 is 0.492 bits per heavy atom. The van der Waals surface area contributed by atoms with Gasteiger partial charge in [-0.25, -0.2) is 4.57 Å². The third kappa shape index (κ3) is 33.0. The first-order valence-corrected chi connectivity index (χ1v) is 26.9. The van der Waals surface area contributed by atoms with E-state index in [1.54, 1.807) is 0 Å². The molecule has 0 aromatic carbocycles. The summed E-state index contributed by atoms with van der Waals surface area (Å²) in [6.07, 6.45) is 35.9. The van der Waals surface area contributed by atoms with Crippen LogP contribution in [0.1, 0.15) is 206 Å². The lowest BCUT2D eigenvalue weighted by Crippen LogP contribution is -2.64. The monoisotopic (exact) mass is 943 g/mol. The Morgan fingerprint density at radius 2 is 0.877 bits per heavy atom. The van der Waals surface area contributed by atoms with Crippen LogP contribution in [0.15, 0.2) is 48.6 Å². The van der Waals surface area contributed by atoms with Crippen molar-refractivity contribution in [1.29, 1.82) is 0 Å². The highest BCUT2D eigenvalue weighted by molar-refractivity contribution is 7.47. The number of esters is 2. The van der Waals surface area contributed by atoms with E-state index in [-0.39, 0.29) is 12.8 Å². The summed E-state index contributed by atoms with van der Waals surface area (Å²) in [5.74, 6) is -1.12. The highest BCUT2D eigenvalue weighted by atomic mass is 31.2. The van der Waals surface area contributed by atoms with Crippen LogP contribution in [0.4, 0.5) is 0 Å². The molecule has 0 heterocycles. The molecule has 0 bridgehead atoms. The zero-order valence-electron chi connectivity index (χ0n) is 40.3. The first-order valence-electron chi connectivity index (χ1n) is 25.4. The van der Waals surface area contributed by atoms with Gasteiger partial charge in [-0.05, 0) is 70.6 Å². The minimum absolute atomic E-state index is 0.0762. The minimum atomic E-state index is -5.13. The van der Waals surface area contributed by atoms with Crippen LogP contribution < -0.4 is 0 Å². The van der Waals surface area contributed by atoms with Crippen molar-refractivity contribution in [3.63, 3.8) is 0 Å². The molecule has 6 atom stereocenters. The maximum atomic E-state index is 12.8. The molecule has 13 nitrogen and oxygen atoms in total. The molecule has 65 heavy (non-hydrogen) atoms. The van der Waals surface area contributed by atoms with Crippen molar-refractivity contribution in [2.75, 3.05) is 13.2 Å². The van der Waals surface area contributed by atoms with E-state index in [0.717, 1.165) is 77.0 Å². The summed E-state index contributed by atoms with van der Waals surface area (Å²) in [5.41, 5.74) is 0. The third-order valence-electron chi connectivity index (χ3n) is 11.7. The van der Waals surface area contributed by atoms with Gasteiger partial charge >= 0.3 is 19.8 Å². The smallest absolute Gasteiger partial charge is 0.462 e. The Balaban J connectivity index is 2.39. The van der Waals surface area contributed by atoms with E-state index >= 15 is 0 Å². The van der Waals surface area contributed by atoms with E-state index < -0.39 is 75.7 Å². The molecule has 0 amide bonds. The molecule has 1 aliphatic rings. The maximum absolute atomic E-state index is 12.8. The largest absolute Gasteiger partial charge is 0.472 e. The Bertz CT molecular complexity index is 1320. The predicted molar refractivity (Wildman–Crippen MR) is 258 cm³/mol. The molecule has 14 heteroatoms. The van der Waals surface area contributed by atoms with Crippen LogP contribution in [0.3, 0.4) is 0 Å². The van der Waals surface area contributed by atoms with Gasteiger partial charge in [-0.1, -0.05) is 172 Å². The predicted octanol–water partition coefficient (Wildman–Crippen LogP) is 10.7. The number of aliphatic hydroxyl groups excluding tert-OH is 5. The van der Waals surface area contributed by atoms with Gasteiger partial charge in [0.1, 0.15) is 43.2 Å². The number of allylic oxidation sites excluding steroid dienone is 8. The van der Waals surface area contributed by atoms with Crippen LogP contribution in [-0.4, -0.2) is 98.3 Å². The number of aliphatic hydroxyl groups is 5. The standard InChI is InChI=1S/C51H91O13P/c1-3-5-7-9-11-13-15-17-19-20-21-22-23-24-26-27-29-31-33-35-37-39-44(52)61-41-43(42-62-65(59,60)64-51-49(57)47(55)46(54)48(56)50(51)58)63-45(53)40-38-36-34-32-30-28-25-18-16-14-12-10-8-6-4-2/h6,8,12,14,18,20-21,25,43,46-51,54-58H,3-5,7,9-11,13,15-17,19,22-24,26-42H2,1-2H3,(H,59,60)/b8-6-,14-12-,21-20-,25-18-. The van der Waals surface area contributed by atoms with Crippen LogP contribution in [0.25, 0.3) is 0 Å². The number of phosphoric acid groups is 1. The number of ether oxygens (including phenoxy) is 2. The van der Waals surface area contributed by atoms with Gasteiger partial charge in [0.2, 0.25) is 0 Å². The first kappa shape index (κ1) is 60.8. The maximum Gasteiger partial charge on any atom is 0.472 e. The van der Waals surface area contributed by atoms with Gasteiger partial charge in [-0.15, -0.1) is 0 Å². The van der Waals surface area contributed by atoms with Crippen molar-refractivity contribution in [2.45, 2.75) is 249 Å². The molecule has 0 spiro atoms. The molecule has 378 valence electrons. The highest BCUT2D eigenvalue weighted by Crippen LogP contribution is 2.47. The van der Waals surface area contributed by atoms with Crippen molar-refractivity contribution in [2.24, 2.45) is 0 Å². The van der Waals surface area contributed by atoms with E-state index in [1.165, 1.54) is 89.9 Å². The second kappa shape index (κ2) is 40.8. The Kier molecular flexibility index (Phi) is 38.2. The zero-order chi connectivity index (χ0) is 47.8. The lowest BCUT2D eigenvalue weighted by Gasteiger charge is -2.41. The molecule has 0 aromatic rings. The van der Waals surface area contributed by atoms with Crippen molar-refractivity contribution in [1.82, 2.24) is 0 Å². The molecule has 1 saturated carbocycles. The number of hydrogen-bond donors (Lipinski definition) is 6. The van der Waals surface area contributed by atoms with E-state index in [0.29, 0.717) is 12.8 Å². The van der Waals surface area contributed by atoms with Crippen LogP contribution in [0.2, 0.25) is 0 Å². The summed E-state index contributed by atoms with van der Waals surface area (Å²) < 4.78 is 33.6. The van der Waals surface area contributed by atoms with Crippen molar-refractivity contribution in [3.8, 4) is 0 Å². The highest BCUT2D eigenvalue weighted by Gasteiger charge is 2.51. The molecular weight excluding hydrogens is 852 g/mol. The van der Waals surface area contributed by atoms with Crippen LogP contribution in [0, 0.1) is 0 Å². The Hall–Kier alpha value is -2.19. The summed E-state index contributed by atoms with van der Waals surface area (Å²) in [6.45, 7) is 3.19. The van der Waals surface area contributed by atoms with E-state index in [1.807, 2.05) is 0 Å². The van der Waals surface area contributed by atoms with Crippen LogP contribution in [-0.2, 0) is 32.7 Å². The molecule has 0 saturated heterocycles. The number of unbranched alkanes of at least 4 members (excludes halogenated alkanes) is 22. The van der Waals surface area contributed by atoms with Gasteiger partial charge in [0, 0.05) is 12.8 Å². The molecule has 6 N–H and O–H groups in total. The van der Waals surface area contributed by atoms with Gasteiger partial charge in [0.15, 0.2) is 6.10 Å². The second-order valence-electron chi connectivity index (χ2n) is 17.6. The fourth-order valence-electron chi connectivity index (χ4n) is 7.59. The normalized spacial score (nSPS) is 21.8. The van der Waals surface area contributed by atoms with Crippen molar-refractivity contribution < 1.29 is 63.1 Å². The summed E-state index contributed by atoms with van der Waals surface area (Å²) in [5, 5.41) is 50.2. The Labute approximate surface area is 392 Å². The zero-order valence-corrected chi connectivity index (χ0v) is 41.2. The molecule has 0 aromatic heterocycles. The van der Waals surface area contributed by atoms with Crippen molar-refractivity contribution in [3.05, 3.63) is 48.6 Å². The summed E-state index contributed by atoms with van der Waals surface area (Å²) in [6, 6.07) is 0. The molecule has 6 unspecified atom stereocenters. The second-order valence-corrected chi connectivity index (χ2v) is 19.0. The minimum Gasteiger partial charge on any atom is -0.462 e. The molecule has 1 fully saturated rings. The molecule has 1 rings (SSSR count). The number of hydrogen-bond acceptors (Lipinski definition) is 12. The molecule has 0 aliphatic heterocycles. The molecule has 1 aliphatic carbocycles. The van der Waals surface area contributed by atoms with Gasteiger partial charge < -0.3 is 39.9 Å². The number of phosphoric ester groups is 1. The fraction of sp³-hybridized carbons (Fsp3) is 0.804. The van der Waals surface area contributed by atoms with E-state index in [4.69, 9.17) is 18.5 Å².